The molecule has 5 heteroatoms. The van der Waals surface area contributed by atoms with Gasteiger partial charge in [0.15, 0.2) is 0 Å². The first-order valence-corrected chi connectivity index (χ1v) is 24.2. The summed E-state index contributed by atoms with van der Waals surface area (Å²) in [6, 6.07) is 91.5. The zero-order chi connectivity index (χ0) is 47.3. The minimum atomic E-state index is 0.607. The number of hydrogen-bond acceptors (Lipinski definition) is 4. The summed E-state index contributed by atoms with van der Waals surface area (Å²) in [5.41, 5.74) is 18.1. The van der Waals surface area contributed by atoms with E-state index in [1.807, 2.05) is 48.5 Å². The van der Waals surface area contributed by atoms with Gasteiger partial charge < -0.3 is 18.6 Å². The third-order valence-electron chi connectivity index (χ3n) is 13.5. The molecule has 13 rings (SSSR count). The lowest BCUT2D eigenvalue weighted by atomic mass is 10.0. The first-order valence-electron chi connectivity index (χ1n) is 23.8. The predicted octanol–water partition coefficient (Wildman–Crippen LogP) is 19.7. The maximum atomic E-state index is 7.31. The highest BCUT2D eigenvalue weighted by Gasteiger charge is 2.21. The Morgan fingerprint density at radius 3 is 0.972 bits per heavy atom. The highest BCUT2D eigenvalue weighted by atomic mass is 35.5. The summed E-state index contributed by atoms with van der Waals surface area (Å²) in [5, 5.41) is 5.04. The van der Waals surface area contributed by atoms with Crippen LogP contribution >= 0.6 is 11.6 Å². The fraction of sp³-hybridized carbons (Fsp3) is 0. The molecule has 0 spiro atoms. The number of furan rings is 2. The van der Waals surface area contributed by atoms with Crippen LogP contribution in [0, 0.1) is 0 Å². The Morgan fingerprint density at radius 2 is 0.577 bits per heavy atom. The number of benzene rings is 11. The second kappa shape index (κ2) is 17.8. The molecule has 11 aromatic carbocycles. The van der Waals surface area contributed by atoms with Crippen LogP contribution in [0.5, 0.6) is 0 Å². The molecule has 0 saturated carbocycles. The smallest absolute Gasteiger partial charge is 0.143 e. The Hall–Kier alpha value is -9.09. The van der Waals surface area contributed by atoms with E-state index in [1.165, 1.54) is 0 Å². The van der Waals surface area contributed by atoms with Crippen molar-refractivity contribution in [3.05, 3.63) is 266 Å². The van der Waals surface area contributed by atoms with Gasteiger partial charge in [-0.3, -0.25) is 0 Å². The van der Waals surface area contributed by atoms with Gasteiger partial charge in [0.1, 0.15) is 22.3 Å². The van der Waals surface area contributed by atoms with E-state index < -0.39 is 0 Å². The summed E-state index contributed by atoms with van der Waals surface area (Å²) in [7, 11) is 0. The van der Waals surface area contributed by atoms with Gasteiger partial charge in [-0.25, -0.2) is 0 Å². The number of rotatable bonds is 10. The predicted molar refractivity (Wildman–Crippen MR) is 297 cm³/mol. The van der Waals surface area contributed by atoms with Crippen molar-refractivity contribution in [3.8, 4) is 44.5 Å². The molecule has 336 valence electrons. The molecule has 0 unspecified atom stereocenters. The van der Waals surface area contributed by atoms with Crippen LogP contribution in [0.15, 0.2) is 270 Å². The minimum Gasteiger partial charge on any atom is -0.455 e. The Balaban J connectivity index is 0.934. The van der Waals surface area contributed by atoms with Crippen molar-refractivity contribution in [1.29, 1.82) is 0 Å². The lowest BCUT2D eigenvalue weighted by Gasteiger charge is -2.30. The lowest BCUT2D eigenvalue weighted by molar-refractivity contribution is 0.669. The molecule has 0 saturated heterocycles. The topological polar surface area (TPSA) is 32.8 Å². The fourth-order valence-corrected chi connectivity index (χ4v) is 10.3. The molecule has 0 fully saturated rings. The third kappa shape index (κ3) is 7.77. The average Bonchev–Trinajstić information content (AvgIpc) is 4.01. The molecule has 71 heavy (non-hydrogen) atoms. The van der Waals surface area contributed by atoms with E-state index in [0.717, 1.165) is 123 Å². The number of hydrogen-bond donors (Lipinski definition) is 0. The molecule has 0 aliphatic carbocycles. The Bertz CT molecular complexity index is 3770. The van der Waals surface area contributed by atoms with Crippen LogP contribution in [-0.4, -0.2) is 0 Å². The second-order valence-electron chi connectivity index (χ2n) is 17.8. The lowest BCUT2D eigenvalue weighted by Crippen LogP contribution is -2.13. The van der Waals surface area contributed by atoms with E-state index >= 15 is 0 Å². The van der Waals surface area contributed by atoms with Crippen LogP contribution in [0.2, 0.25) is 5.02 Å². The quantitative estimate of drug-likeness (QED) is 0.137. The minimum absolute atomic E-state index is 0.607. The van der Waals surface area contributed by atoms with Crippen molar-refractivity contribution in [3.63, 3.8) is 0 Å². The molecule has 0 N–H and O–H groups in total. The molecular weight excluding hydrogens is 888 g/mol. The molecule has 0 amide bonds. The summed E-state index contributed by atoms with van der Waals surface area (Å²) in [5.74, 6) is 0. The molecule has 0 aliphatic rings. The van der Waals surface area contributed by atoms with Crippen molar-refractivity contribution in [1.82, 2.24) is 0 Å². The Kier molecular flexibility index (Phi) is 10.5. The third-order valence-corrected chi connectivity index (χ3v) is 13.7. The zero-order valence-corrected chi connectivity index (χ0v) is 39.2. The molecule has 0 radical (unpaired) electrons. The fourth-order valence-electron chi connectivity index (χ4n) is 10.1. The summed E-state index contributed by atoms with van der Waals surface area (Å²) < 4.78 is 13.0. The molecule has 2 heterocycles. The van der Waals surface area contributed by atoms with Gasteiger partial charge in [0.25, 0.3) is 0 Å². The van der Waals surface area contributed by atoms with Crippen LogP contribution in [0.1, 0.15) is 0 Å². The summed E-state index contributed by atoms with van der Waals surface area (Å²) in [6.45, 7) is 0. The molecule has 13 aromatic rings. The summed E-state index contributed by atoms with van der Waals surface area (Å²) in [4.78, 5) is 4.56. The van der Waals surface area contributed by atoms with Gasteiger partial charge in [0.2, 0.25) is 0 Å². The number of anilines is 6. The van der Waals surface area contributed by atoms with E-state index in [1.54, 1.807) is 0 Å². The van der Waals surface area contributed by atoms with E-state index in [0.29, 0.717) is 5.02 Å². The first kappa shape index (κ1) is 42.0. The van der Waals surface area contributed by atoms with Gasteiger partial charge in [-0.05, 0) is 112 Å². The average molecular weight is 932 g/mol. The summed E-state index contributed by atoms with van der Waals surface area (Å²) in [6.07, 6.45) is 0. The van der Waals surface area contributed by atoms with Crippen LogP contribution in [0.4, 0.5) is 34.1 Å². The maximum absolute atomic E-state index is 7.31. The zero-order valence-electron chi connectivity index (χ0n) is 38.4. The molecule has 0 bridgehead atoms. The summed E-state index contributed by atoms with van der Waals surface area (Å²) >= 11 is 7.31. The van der Waals surface area contributed by atoms with Gasteiger partial charge in [0, 0.05) is 71.8 Å². The number of halogens is 1. The van der Waals surface area contributed by atoms with Gasteiger partial charge in [-0.15, -0.1) is 0 Å². The van der Waals surface area contributed by atoms with Crippen molar-refractivity contribution < 1.29 is 8.83 Å². The second-order valence-corrected chi connectivity index (χ2v) is 18.3. The van der Waals surface area contributed by atoms with Gasteiger partial charge >= 0.3 is 0 Å². The van der Waals surface area contributed by atoms with E-state index in [2.05, 4.69) is 222 Å². The van der Waals surface area contributed by atoms with Gasteiger partial charge in [-0.2, -0.15) is 0 Å². The van der Waals surface area contributed by atoms with Gasteiger partial charge in [-0.1, -0.05) is 194 Å². The van der Waals surface area contributed by atoms with Crippen LogP contribution < -0.4 is 9.80 Å². The number of nitrogens with zero attached hydrogens (tertiary/aromatic N) is 2. The molecular formula is C66H43ClN2O2. The molecule has 2 aromatic heterocycles. The number of para-hydroxylation sites is 4. The van der Waals surface area contributed by atoms with E-state index in [4.69, 9.17) is 20.4 Å². The molecule has 4 nitrogen and oxygen atoms in total. The van der Waals surface area contributed by atoms with E-state index in [-0.39, 0.29) is 0 Å². The molecule has 0 atom stereocenters. The highest BCUT2D eigenvalue weighted by Crippen LogP contribution is 2.45. The van der Waals surface area contributed by atoms with Crippen LogP contribution in [-0.2, 0) is 0 Å². The SMILES string of the molecule is Clc1cc(N(c2ccc(-c3ccccc3)cc2)c2ccc(-c3cccc4c3oc3ccccc34)cc2)cc(N(c2ccc(-c3ccccc3)cc2)c2ccc(-c3cccc4c3oc3ccccc34)cc2)c1. The van der Waals surface area contributed by atoms with Crippen LogP contribution in [0.3, 0.4) is 0 Å². The Morgan fingerprint density at radius 1 is 0.254 bits per heavy atom. The largest absolute Gasteiger partial charge is 0.455 e. The maximum Gasteiger partial charge on any atom is 0.143 e. The van der Waals surface area contributed by atoms with Crippen molar-refractivity contribution in [2.45, 2.75) is 0 Å². The Labute approximate surface area is 416 Å². The van der Waals surface area contributed by atoms with Crippen molar-refractivity contribution in [2.75, 3.05) is 9.80 Å². The van der Waals surface area contributed by atoms with Crippen LogP contribution in [0.25, 0.3) is 88.4 Å². The first-order chi connectivity index (χ1) is 35.1. The van der Waals surface area contributed by atoms with Crippen molar-refractivity contribution in [2.24, 2.45) is 0 Å². The standard InChI is InChI=1S/C66H43ClN2O2/c67-50-41-55(68(51-33-25-46(26-34-51)44-13-3-1-4-14-44)53-37-29-48(30-38-53)57-19-11-21-61-59-17-7-9-23-63(59)70-65(57)61)43-56(42-50)69(52-35-27-47(28-36-52)45-15-5-2-6-16-45)54-39-31-49(32-40-54)58-20-12-22-62-60-18-8-10-24-64(60)71-66(58)62/h1-43H. The number of fused-ring (bicyclic) bond motifs is 6. The van der Waals surface area contributed by atoms with Crippen molar-refractivity contribution >= 4 is 89.6 Å². The normalized spacial score (nSPS) is 11.5. The molecule has 0 aliphatic heterocycles. The monoisotopic (exact) mass is 930 g/mol. The van der Waals surface area contributed by atoms with Gasteiger partial charge in [0.05, 0.1) is 0 Å². The van der Waals surface area contributed by atoms with E-state index in [9.17, 15) is 0 Å². The highest BCUT2D eigenvalue weighted by molar-refractivity contribution is 6.31.